The molecule has 0 aliphatic carbocycles. The molecule has 0 spiro atoms. The van der Waals surface area contributed by atoms with Gasteiger partial charge in [-0.25, -0.2) is 0 Å². The van der Waals surface area contributed by atoms with Crippen molar-refractivity contribution < 1.29 is 4.79 Å². The van der Waals surface area contributed by atoms with Crippen LogP contribution in [0.1, 0.15) is 41.3 Å². The first kappa shape index (κ1) is 14.1. The first-order chi connectivity index (χ1) is 9.11. The second-order valence-electron chi connectivity index (χ2n) is 5.44. The van der Waals surface area contributed by atoms with Gasteiger partial charge in [-0.05, 0) is 44.9 Å². The van der Waals surface area contributed by atoms with Gasteiger partial charge in [0.15, 0.2) is 0 Å². The van der Waals surface area contributed by atoms with Crippen LogP contribution in [0.15, 0.2) is 18.2 Å². The second kappa shape index (κ2) is 6.20. The summed E-state index contributed by atoms with van der Waals surface area (Å²) < 4.78 is 0. The van der Waals surface area contributed by atoms with Crippen LogP contribution in [0, 0.1) is 13.8 Å². The molecule has 0 atom stereocenters. The van der Waals surface area contributed by atoms with Crippen LogP contribution in [0.2, 0.25) is 0 Å². The van der Waals surface area contributed by atoms with Gasteiger partial charge in [0.05, 0.1) is 0 Å². The average molecular weight is 260 g/mol. The molecule has 0 aromatic heterocycles. The Labute approximate surface area is 116 Å². The van der Waals surface area contributed by atoms with Crippen molar-refractivity contribution in [3.05, 3.63) is 34.9 Å². The summed E-state index contributed by atoms with van der Waals surface area (Å²) >= 11 is 0. The van der Waals surface area contributed by atoms with Gasteiger partial charge in [-0.2, -0.15) is 0 Å². The summed E-state index contributed by atoms with van der Waals surface area (Å²) in [7, 11) is 0. The van der Waals surface area contributed by atoms with E-state index in [-0.39, 0.29) is 5.91 Å². The van der Waals surface area contributed by atoms with Gasteiger partial charge in [-0.1, -0.05) is 24.6 Å². The number of piperidine rings is 1. The molecule has 0 bridgehead atoms. The zero-order valence-electron chi connectivity index (χ0n) is 12.2. The number of carbonyl (C=O) groups excluding carboxylic acids is 1. The van der Waals surface area contributed by atoms with Gasteiger partial charge in [0.1, 0.15) is 0 Å². The number of amides is 1. The fraction of sp³-hybridized carbons (Fsp3) is 0.562. The largest absolute Gasteiger partial charge is 0.339 e. The van der Waals surface area contributed by atoms with Crippen LogP contribution in [-0.2, 0) is 0 Å². The monoisotopic (exact) mass is 260 g/mol. The molecule has 1 aliphatic rings. The summed E-state index contributed by atoms with van der Waals surface area (Å²) in [5.74, 6) is 0.187. The van der Waals surface area contributed by atoms with Crippen LogP contribution in [-0.4, -0.2) is 36.5 Å². The van der Waals surface area contributed by atoms with Crippen LogP contribution in [0.25, 0.3) is 0 Å². The molecule has 1 saturated heterocycles. The molecule has 1 aromatic rings. The van der Waals surface area contributed by atoms with E-state index in [0.717, 1.165) is 43.6 Å². The van der Waals surface area contributed by atoms with Gasteiger partial charge < -0.3 is 10.2 Å². The summed E-state index contributed by atoms with van der Waals surface area (Å²) in [5.41, 5.74) is 3.14. The molecule has 1 amide bonds. The summed E-state index contributed by atoms with van der Waals surface area (Å²) in [6.07, 6.45) is 2.12. The van der Waals surface area contributed by atoms with Gasteiger partial charge in [0.2, 0.25) is 0 Å². The Kier molecular flexibility index (Phi) is 4.59. The van der Waals surface area contributed by atoms with Crippen LogP contribution in [0.4, 0.5) is 0 Å². The number of carbonyl (C=O) groups is 1. The van der Waals surface area contributed by atoms with Gasteiger partial charge >= 0.3 is 0 Å². The van der Waals surface area contributed by atoms with E-state index in [9.17, 15) is 4.79 Å². The molecule has 1 aliphatic heterocycles. The Bertz CT molecular complexity index is 448. The molecule has 1 heterocycles. The van der Waals surface area contributed by atoms with E-state index in [2.05, 4.69) is 25.2 Å². The van der Waals surface area contributed by atoms with Crippen molar-refractivity contribution >= 4 is 5.91 Å². The lowest BCUT2D eigenvalue weighted by Gasteiger charge is -2.32. The first-order valence-electron chi connectivity index (χ1n) is 7.21. The highest BCUT2D eigenvalue weighted by Crippen LogP contribution is 2.17. The van der Waals surface area contributed by atoms with Crippen LogP contribution in [0.3, 0.4) is 0 Å². The molecule has 1 fully saturated rings. The minimum atomic E-state index is 0.187. The maximum atomic E-state index is 12.5. The predicted octanol–water partition coefficient (Wildman–Crippen LogP) is 2.52. The van der Waals surface area contributed by atoms with E-state index in [1.807, 2.05) is 24.0 Å². The van der Waals surface area contributed by atoms with E-state index in [1.165, 1.54) is 5.56 Å². The Morgan fingerprint density at radius 2 is 2.00 bits per heavy atom. The Morgan fingerprint density at radius 1 is 1.32 bits per heavy atom. The summed E-state index contributed by atoms with van der Waals surface area (Å²) in [6.45, 7) is 8.95. The van der Waals surface area contributed by atoms with Gasteiger partial charge in [-0.15, -0.1) is 0 Å². The van der Waals surface area contributed by atoms with Crippen molar-refractivity contribution in [2.24, 2.45) is 0 Å². The molecule has 0 unspecified atom stereocenters. The van der Waals surface area contributed by atoms with Crippen molar-refractivity contribution in [3.8, 4) is 0 Å². The lowest BCUT2D eigenvalue weighted by molar-refractivity contribution is 0.0705. The smallest absolute Gasteiger partial charge is 0.254 e. The fourth-order valence-electron chi connectivity index (χ4n) is 2.80. The number of aryl methyl sites for hydroxylation is 2. The molecular weight excluding hydrogens is 236 g/mol. The SMILES string of the molecule is CCNC1CCN(C(=O)c2ccc(C)cc2C)CC1. The fourth-order valence-corrected chi connectivity index (χ4v) is 2.80. The second-order valence-corrected chi connectivity index (χ2v) is 5.44. The topological polar surface area (TPSA) is 32.3 Å². The van der Waals surface area contributed by atoms with Crippen LogP contribution in [0.5, 0.6) is 0 Å². The minimum Gasteiger partial charge on any atom is -0.339 e. The molecule has 19 heavy (non-hydrogen) atoms. The molecule has 0 radical (unpaired) electrons. The molecular formula is C16H24N2O. The highest BCUT2D eigenvalue weighted by Gasteiger charge is 2.23. The summed E-state index contributed by atoms with van der Waals surface area (Å²) in [6, 6.07) is 6.64. The Balaban J connectivity index is 2.01. The van der Waals surface area contributed by atoms with Gasteiger partial charge in [0, 0.05) is 24.7 Å². The predicted molar refractivity (Wildman–Crippen MR) is 78.5 cm³/mol. The van der Waals surface area contributed by atoms with E-state index in [1.54, 1.807) is 0 Å². The minimum absolute atomic E-state index is 0.187. The molecule has 0 saturated carbocycles. The zero-order chi connectivity index (χ0) is 13.8. The average Bonchev–Trinajstić information content (AvgIpc) is 2.39. The van der Waals surface area contributed by atoms with Crippen LogP contribution < -0.4 is 5.32 Å². The molecule has 1 N–H and O–H groups in total. The molecule has 3 heteroatoms. The van der Waals surface area contributed by atoms with Gasteiger partial charge in [-0.3, -0.25) is 4.79 Å². The summed E-state index contributed by atoms with van der Waals surface area (Å²) in [5, 5.41) is 3.46. The van der Waals surface area contributed by atoms with E-state index in [0.29, 0.717) is 6.04 Å². The van der Waals surface area contributed by atoms with E-state index < -0.39 is 0 Å². The number of nitrogens with one attached hydrogen (secondary N) is 1. The van der Waals surface area contributed by atoms with Crippen molar-refractivity contribution in [2.75, 3.05) is 19.6 Å². The number of benzene rings is 1. The van der Waals surface area contributed by atoms with E-state index >= 15 is 0 Å². The maximum Gasteiger partial charge on any atom is 0.254 e. The molecule has 1 aromatic carbocycles. The Hall–Kier alpha value is -1.35. The highest BCUT2D eigenvalue weighted by molar-refractivity contribution is 5.95. The van der Waals surface area contributed by atoms with Crippen molar-refractivity contribution in [1.82, 2.24) is 10.2 Å². The highest BCUT2D eigenvalue weighted by atomic mass is 16.2. The first-order valence-corrected chi connectivity index (χ1v) is 7.21. The van der Waals surface area contributed by atoms with Crippen molar-refractivity contribution in [3.63, 3.8) is 0 Å². The third kappa shape index (κ3) is 3.35. The lowest BCUT2D eigenvalue weighted by Crippen LogP contribution is -2.45. The maximum absolute atomic E-state index is 12.5. The number of hydrogen-bond donors (Lipinski definition) is 1. The normalized spacial score (nSPS) is 16.7. The number of rotatable bonds is 3. The van der Waals surface area contributed by atoms with Crippen LogP contribution >= 0.6 is 0 Å². The van der Waals surface area contributed by atoms with Crippen molar-refractivity contribution in [2.45, 2.75) is 39.7 Å². The Morgan fingerprint density at radius 3 is 2.58 bits per heavy atom. The number of hydrogen-bond acceptors (Lipinski definition) is 2. The standard InChI is InChI=1S/C16H24N2O/c1-4-17-14-7-9-18(10-8-14)16(19)15-6-5-12(2)11-13(15)3/h5-6,11,14,17H,4,7-10H2,1-3H3. The summed E-state index contributed by atoms with van der Waals surface area (Å²) in [4.78, 5) is 14.5. The third-order valence-corrected chi connectivity index (χ3v) is 3.89. The van der Waals surface area contributed by atoms with E-state index in [4.69, 9.17) is 0 Å². The quantitative estimate of drug-likeness (QED) is 0.905. The molecule has 104 valence electrons. The molecule has 3 nitrogen and oxygen atoms in total. The number of likely N-dealkylation sites (tertiary alicyclic amines) is 1. The lowest BCUT2D eigenvalue weighted by atomic mass is 10.0. The zero-order valence-corrected chi connectivity index (χ0v) is 12.2. The van der Waals surface area contributed by atoms with Crippen molar-refractivity contribution in [1.29, 1.82) is 0 Å². The third-order valence-electron chi connectivity index (χ3n) is 3.89. The molecule has 2 rings (SSSR count). The van der Waals surface area contributed by atoms with Gasteiger partial charge in [0.25, 0.3) is 5.91 Å². The number of nitrogens with zero attached hydrogens (tertiary/aromatic N) is 1.